The molecule has 0 radical (unpaired) electrons. The van der Waals surface area contributed by atoms with Gasteiger partial charge in [-0.1, -0.05) is 107 Å². The summed E-state index contributed by atoms with van der Waals surface area (Å²) in [6.07, 6.45) is 34.2. The van der Waals surface area contributed by atoms with Gasteiger partial charge in [-0.15, -0.1) is 38.5 Å². The van der Waals surface area contributed by atoms with E-state index >= 15 is 0 Å². The van der Waals surface area contributed by atoms with E-state index in [1.807, 2.05) is 146 Å². The fourth-order valence-electron chi connectivity index (χ4n) is 8.49. The minimum absolute atomic E-state index is 0.714. The van der Waals surface area contributed by atoms with Crippen molar-refractivity contribution >= 4 is 32.3 Å². The normalized spacial score (nSPS) is 9.62. The van der Waals surface area contributed by atoms with Crippen LogP contribution in [0.2, 0.25) is 0 Å². The molecule has 0 heteroatoms. The lowest BCUT2D eigenvalue weighted by atomic mass is 9.87. The number of rotatable bonds is 0. The lowest BCUT2D eigenvalue weighted by molar-refractivity contribution is 1.58. The molecule has 0 saturated carbocycles. The lowest BCUT2D eigenvalue weighted by Crippen LogP contribution is -1.94. The third kappa shape index (κ3) is 11.2. The highest BCUT2D eigenvalue weighted by molar-refractivity contribution is 6.26. The van der Waals surface area contributed by atoms with Crippen molar-refractivity contribution in [3.63, 3.8) is 0 Å². The van der Waals surface area contributed by atoms with E-state index in [0.717, 1.165) is 99.1 Å². The average molecular weight is 973 g/mol. The molecule has 0 heterocycles. The first-order valence-corrected chi connectivity index (χ1v) is 24.4. The summed E-state index contributed by atoms with van der Waals surface area (Å²) in [5.74, 6) is 57.4. The summed E-state index contributed by atoms with van der Waals surface area (Å²) >= 11 is 0. The molecule has 0 unspecified atom stereocenters. The van der Waals surface area contributed by atoms with Crippen LogP contribution in [0, 0.1) is 145 Å². The Hall–Kier alpha value is -12.3. The summed E-state index contributed by atoms with van der Waals surface area (Å²) in [7, 11) is 0. The summed E-state index contributed by atoms with van der Waals surface area (Å²) in [6.45, 7) is 0. The van der Waals surface area contributed by atoms with Gasteiger partial charge in [0.15, 0.2) is 0 Å². The second kappa shape index (κ2) is 22.6. The van der Waals surface area contributed by atoms with Crippen molar-refractivity contribution in [2.75, 3.05) is 0 Å². The Morgan fingerprint density at radius 1 is 0.154 bits per heavy atom. The van der Waals surface area contributed by atoms with Crippen molar-refractivity contribution in [2.45, 2.75) is 0 Å². The summed E-state index contributed by atoms with van der Waals surface area (Å²) in [4.78, 5) is 0. The van der Waals surface area contributed by atoms with Crippen molar-refractivity contribution < 1.29 is 0 Å². The van der Waals surface area contributed by atoms with Crippen molar-refractivity contribution in [3.8, 4) is 145 Å². The van der Waals surface area contributed by atoms with E-state index in [9.17, 15) is 0 Å². The van der Waals surface area contributed by atoms with Crippen molar-refractivity contribution in [3.05, 3.63) is 282 Å². The van der Waals surface area contributed by atoms with Crippen LogP contribution >= 0.6 is 0 Å². The molecule has 0 aliphatic heterocycles. The Morgan fingerprint density at radius 2 is 0.269 bits per heavy atom. The first kappa shape index (κ1) is 49.3. The Labute approximate surface area is 457 Å². The van der Waals surface area contributed by atoms with E-state index in [1.54, 1.807) is 0 Å². The van der Waals surface area contributed by atoms with Crippen LogP contribution in [-0.2, 0) is 0 Å². The number of benzene rings is 10. The fourth-order valence-corrected chi connectivity index (χ4v) is 8.49. The third-order valence-electron chi connectivity index (χ3n) is 12.7. The van der Waals surface area contributed by atoms with E-state index in [4.69, 9.17) is 38.5 Å². The molecule has 10 rings (SSSR count). The maximum Gasteiger partial charge on any atom is 0.0412 e. The number of hydrogen-bond acceptors (Lipinski definition) is 0. The van der Waals surface area contributed by atoms with Crippen LogP contribution in [-0.4, -0.2) is 0 Å². The van der Waals surface area contributed by atoms with Gasteiger partial charge in [0.25, 0.3) is 0 Å². The van der Waals surface area contributed by atoms with Gasteiger partial charge in [-0.2, -0.15) is 0 Å². The second-order valence-corrected chi connectivity index (χ2v) is 17.7. The Balaban J connectivity index is 1.31. The molecule has 0 nitrogen and oxygen atoms in total. The van der Waals surface area contributed by atoms with Crippen LogP contribution in [0.15, 0.2) is 182 Å². The van der Waals surface area contributed by atoms with Crippen LogP contribution in [0.3, 0.4) is 0 Å². The summed E-state index contributed by atoms with van der Waals surface area (Å²) in [6, 6.07) is 58.3. The topological polar surface area (TPSA) is 0 Å². The van der Waals surface area contributed by atoms with Gasteiger partial charge in [0.1, 0.15) is 0 Å². The Morgan fingerprint density at radius 3 is 0.385 bits per heavy atom. The fraction of sp³-hybridized carbons (Fsp3) is 0. The van der Waals surface area contributed by atoms with Crippen LogP contribution < -0.4 is 0 Å². The first-order chi connectivity index (χ1) is 38.3. The Bertz CT molecular complexity index is 3950. The largest absolute Gasteiger partial charge is 0.115 e. The molecule has 0 amide bonds. The molecular formula is C78H36. The highest BCUT2D eigenvalue weighted by Gasteiger charge is 2.17. The zero-order valence-corrected chi connectivity index (χ0v) is 41.8. The average Bonchev–Trinajstić information content (AvgIpc) is 3.61. The quantitative estimate of drug-likeness (QED) is 0.105. The third-order valence-corrected chi connectivity index (χ3v) is 12.7. The molecule has 10 aromatic rings. The van der Waals surface area contributed by atoms with Crippen molar-refractivity contribution in [1.82, 2.24) is 0 Å². The lowest BCUT2D eigenvalue weighted by Gasteiger charge is -2.15. The summed E-state index contributed by atoms with van der Waals surface area (Å²) in [5, 5.41) is 5.47. The zero-order chi connectivity index (χ0) is 53.8. The van der Waals surface area contributed by atoms with Gasteiger partial charge in [-0.05, 0) is 214 Å². The van der Waals surface area contributed by atoms with Crippen LogP contribution in [0.5, 0.6) is 0 Å². The number of terminal acetylenes is 6. The molecule has 78 heavy (non-hydrogen) atoms. The van der Waals surface area contributed by atoms with E-state index in [2.05, 4.69) is 143 Å². The molecule has 0 spiro atoms. The molecule has 0 atom stereocenters. The minimum Gasteiger partial charge on any atom is -0.115 e. The molecule has 0 N–H and O–H groups in total. The van der Waals surface area contributed by atoms with Gasteiger partial charge < -0.3 is 0 Å². The zero-order valence-electron chi connectivity index (χ0n) is 41.8. The van der Waals surface area contributed by atoms with E-state index in [0.29, 0.717) is 33.4 Å². The van der Waals surface area contributed by atoms with Crippen molar-refractivity contribution in [1.29, 1.82) is 0 Å². The molecular weight excluding hydrogens is 937 g/mol. The molecule has 0 fully saturated rings. The molecule has 0 bridgehead atoms. The monoisotopic (exact) mass is 972 g/mol. The van der Waals surface area contributed by atoms with Gasteiger partial charge in [0, 0.05) is 100 Å². The predicted octanol–water partition coefficient (Wildman–Crippen LogP) is 13.4. The molecule has 348 valence electrons. The smallest absolute Gasteiger partial charge is 0.0412 e. The summed E-state index contributed by atoms with van der Waals surface area (Å²) < 4.78 is 0. The standard InChI is InChI=1S/C78H36/c1-7-55-13-25-61(26-14-55)37-43-67-49-73-74(50-68(67)44-38-62-27-15-56(8-2)16-28-62)76-52-70(46-40-64-31-19-58(10-4)20-32-64)72(48-42-66-35-23-60(12-6)24-36-66)54-78(76)77-53-71(47-41-65-33-21-59(11-5)22-34-65)69(51-75(73)77)45-39-63-29-17-57(9-3)18-30-63/h1-6,13-36,49-54H. The van der Waals surface area contributed by atoms with Crippen LogP contribution in [0.4, 0.5) is 0 Å². The van der Waals surface area contributed by atoms with Gasteiger partial charge in [0.05, 0.1) is 0 Å². The first-order valence-electron chi connectivity index (χ1n) is 24.4. The molecule has 0 saturated heterocycles. The van der Waals surface area contributed by atoms with Gasteiger partial charge in [-0.25, -0.2) is 0 Å². The molecule has 10 aromatic carbocycles. The SMILES string of the molecule is C#Cc1ccc(C#Cc2cc3c4cc(C#Cc5ccc(C#C)cc5)c(C#Cc5ccc(C#C)cc5)cc4c4cc(C#Cc5ccc(C#C)cc5)c(C#Cc5ccc(C#C)cc5)cc4c3cc2C#Cc2ccc(C#C)cc2)cc1. The highest BCUT2D eigenvalue weighted by Crippen LogP contribution is 2.39. The maximum atomic E-state index is 5.71. The van der Waals surface area contributed by atoms with Gasteiger partial charge in [0.2, 0.25) is 0 Å². The van der Waals surface area contributed by atoms with E-state index in [-0.39, 0.29) is 0 Å². The molecule has 0 aliphatic carbocycles. The number of fused-ring (bicyclic) bond motifs is 6. The van der Waals surface area contributed by atoms with Crippen molar-refractivity contribution in [2.24, 2.45) is 0 Å². The van der Waals surface area contributed by atoms with Gasteiger partial charge >= 0.3 is 0 Å². The predicted molar refractivity (Wildman–Crippen MR) is 321 cm³/mol. The Kier molecular flexibility index (Phi) is 14.3. The van der Waals surface area contributed by atoms with E-state index in [1.165, 1.54) is 0 Å². The molecule has 0 aromatic heterocycles. The maximum absolute atomic E-state index is 5.71. The molecule has 0 aliphatic rings. The van der Waals surface area contributed by atoms with E-state index < -0.39 is 0 Å². The second-order valence-electron chi connectivity index (χ2n) is 17.7. The van der Waals surface area contributed by atoms with Gasteiger partial charge in [-0.3, -0.25) is 0 Å². The van der Waals surface area contributed by atoms with Crippen LogP contribution in [0.1, 0.15) is 100 Å². The highest BCUT2D eigenvalue weighted by atomic mass is 14.2. The number of hydrogen-bond donors (Lipinski definition) is 0. The summed E-state index contributed by atoms with van der Waals surface area (Å²) in [5.41, 5.74) is 13.6. The minimum atomic E-state index is 0.714. The van der Waals surface area contributed by atoms with Crippen LogP contribution in [0.25, 0.3) is 32.3 Å².